The van der Waals surface area contributed by atoms with E-state index in [4.69, 9.17) is 25.9 Å². The molecule has 0 amide bonds. The summed E-state index contributed by atoms with van der Waals surface area (Å²) in [5, 5.41) is 42.5. The van der Waals surface area contributed by atoms with Gasteiger partial charge in [0.25, 0.3) is 6.23 Å². The molecule has 6 atom stereocenters. The minimum atomic E-state index is -1.09. The standard InChI is InChI=1S/C38H42N4O7/c1-2-4-27(43)16-29(45)17-28(44)9-6-23-15-36-35(18-34(23)47)48-12-3-5-22-8-11-33(46)30-10-7-24(37(39)40)13-25(30)14-26-19-41-32-21-42(20-31(26)32)38(22)49-36/h7,10,13,15,18-19,21-22,27,29,33,37-38,43,45-47H,2,4-6,9,14,16-17,20,39-40H2,1H3/p+1. The maximum absolute atomic E-state index is 12.7. The summed E-state index contributed by atoms with van der Waals surface area (Å²) < 4.78 is 12.4. The number of nitrogens with zero attached hydrogens (tertiary/aromatic N) is 1. The highest BCUT2D eigenvalue weighted by molar-refractivity contribution is 5.87. The van der Waals surface area contributed by atoms with Crippen molar-refractivity contribution in [3.63, 3.8) is 0 Å². The van der Waals surface area contributed by atoms with Crippen LogP contribution in [0.4, 0.5) is 0 Å². The third kappa shape index (κ3) is 7.90. The highest BCUT2D eigenvalue weighted by Crippen LogP contribution is 2.37. The molecule has 4 heterocycles. The number of fused-ring (bicyclic) bond motifs is 5. The lowest BCUT2D eigenvalue weighted by molar-refractivity contribution is -0.889. The number of quaternary nitrogens is 1. The van der Waals surface area contributed by atoms with Crippen LogP contribution in [0.5, 0.6) is 17.2 Å². The lowest BCUT2D eigenvalue weighted by Gasteiger charge is -2.28. The summed E-state index contributed by atoms with van der Waals surface area (Å²) in [4.78, 5) is 18.4. The Morgan fingerprint density at radius 2 is 1.98 bits per heavy atom. The van der Waals surface area contributed by atoms with Gasteiger partial charge >= 0.3 is 0 Å². The number of rotatable bonds is 10. The molecule has 49 heavy (non-hydrogen) atoms. The first kappa shape index (κ1) is 34.4. The number of phenols is 1. The zero-order valence-corrected chi connectivity index (χ0v) is 27.5. The molecule has 9 N–H and O–H groups in total. The molecule has 0 aromatic heterocycles. The molecule has 2 bridgehead atoms. The van der Waals surface area contributed by atoms with Gasteiger partial charge < -0.3 is 41.4 Å². The number of aliphatic hydroxyl groups is 3. The van der Waals surface area contributed by atoms with Crippen LogP contribution in [-0.2, 0) is 17.6 Å². The molecule has 0 radical (unpaired) electrons. The van der Waals surface area contributed by atoms with Crippen molar-refractivity contribution in [1.29, 1.82) is 0 Å². The van der Waals surface area contributed by atoms with Gasteiger partial charge in [-0.25, -0.2) is 0 Å². The summed E-state index contributed by atoms with van der Waals surface area (Å²) in [6.07, 6.45) is 5.21. The lowest BCUT2D eigenvalue weighted by atomic mass is 9.92. The molecule has 0 aliphatic carbocycles. The molecule has 256 valence electrons. The van der Waals surface area contributed by atoms with Crippen LogP contribution in [0, 0.1) is 29.8 Å². The Labute approximate surface area is 285 Å². The normalized spacial score (nSPS) is 23.2. The smallest absolute Gasteiger partial charge is 0.251 e. The van der Waals surface area contributed by atoms with Gasteiger partial charge in [-0.05, 0) is 59.6 Å². The predicted molar refractivity (Wildman–Crippen MR) is 182 cm³/mol. The maximum atomic E-state index is 12.7. The molecule has 0 spiro atoms. The van der Waals surface area contributed by atoms with Gasteiger partial charge in [0.1, 0.15) is 48.1 Å². The summed E-state index contributed by atoms with van der Waals surface area (Å²) in [6.45, 7) is 2.53. The first-order chi connectivity index (χ1) is 23.6. The summed E-state index contributed by atoms with van der Waals surface area (Å²) >= 11 is 0. The number of aryl methyl sites for hydroxylation is 1. The van der Waals surface area contributed by atoms with E-state index in [2.05, 4.69) is 23.9 Å². The van der Waals surface area contributed by atoms with E-state index in [1.165, 1.54) is 6.07 Å². The fourth-order valence-electron chi connectivity index (χ4n) is 6.76. The van der Waals surface area contributed by atoms with Gasteiger partial charge in [0.15, 0.2) is 11.5 Å². The van der Waals surface area contributed by atoms with Gasteiger partial charge in [-0.15, -0.1) is 0 Å². The van der Waals surface area contributed by atoms with Crippen molar-refractivity contribution in [3.05, 3.63) is 75.6 Å². The Morgan fingerprint density at radius 1 is 1.14 bits per heavy atom. The first-order valence-electron chi connectivity index (χ1n) is 16.8. The summed E-state index contributed by atoms with van der Waals surface area (Å²) in [5.74, 6) is 9.19. The number of ether oxygens (including phenoxy) is 2. The highest BCUT2D eigenvalue weighted by Gasteiger charge is 2.40. The van der Waals surface area contributed by atoms with Crippen molar-refractivity contribution in [2.24, 2.45) is 22.4 Å². The van der Waals surface area contributed by atoms with E-state index in [1.54, 1.807) is 12.1 Å². The van der Waals surface area contributed by atoms with E-state index < -0.39 is 36.6 Å². The Hall–Kier alpha value is -4.46. The number of allylic oxidation sites excluding steroid dienone is 1. The lowest BCUT2D eigenvalue weighted by Crippen LogP contribution is -3.12. The number of hydrogen-bond acceptors (Lipinski definition) is 10. The van der Waals surface area contributed by atoms with Crippen molar-refractivity contribution in [1.82, 2.24) is 0 Å². The van der Waals surface area contributed by atoms with E-state index >= 15 is 0 Å². The topological polar surface area (TPSA) is 185 Å². The second kappa shape index (κ2) is 15.0. The number of aliphatic hydroxyl groups excluding tert-OH is 3. The van der Waals surface area contributed by atoms with Crippen molar-refractivity contribution in [2.75, 3.05) is 6.54 Å². The molecule has 4 aliphatic rings. The highest BCUT2D eigenvalue weighted by atomic mass is 16.5. The molecular weight excluding hydrogens is 624 g/mol. The Bertz CT molecular complexity index is 1830. The number of ketones is 1. The summed E-state index contributed by atoms with van der Waals surface area (Å²) in [6, 6.07) is 8.63. The van der Waals surface area contributed by atoms with E-state index in [0.717, 1.165) is 39.3 Å². The SMILES string of the molecule is CCCC(O)CC(O)CC(=O)CCc1cc2c(cc1O)OC#CCC1C#CC(O)c3ccc(C(N)N)cc3CC3=C4C[NH+](C=C4N=C3)C1O2. The average Bonchev–Trinajstić information content (AvgIpc) is 3.66. The molecule has 0 saturated heterocycles. The van der Waals surface area contributed by atoms with Crippen LogP contribution in [-0.4, -0.2) is 57.4 Å². The quantitative estimate of drug-likeness (QED) is 0.146. The summed E-state index contributed by atoms with van der Waals surface area (Å²) in [5.41, 5.74) is 17.7. The second-order valence-electron chi connectivity index (χ2n) is 13.1. The number of phenolic OH excluding ortho intramolecular Hbond substituents is 1. The zero-order chi connectivity index (χ0) is 34.7. The number of benzene rings is 2. The minimum Gasteiger partial charge on any atom is -0.508 e. The Morgan fingerprint density at radius 3 is 2.78 bits per heavy atom. The van der Waals surface area contributed by atoms with Crippen LogP contribution in [0.2, 0.25) is 0 Å². The number of carbonyl (C=O) groups excluding carboxylic acids is 1. The maximum Gasteiger partial charge on any atom is 0.251 e. The molecule has 6 rings (SSSR count). The number of hydrogen-bond donors (Lipinski definition) is 7. The zero-order valence-electron chi connectivity index (χ0n) is 27.5. The molecule has 2 aromatic rings. The average molecular weight is 668 g/mol. The number of carbonyl (C=O) groups is 1. The van der Waals surface area contributed by atoms with Gasteiger partial charge in [-0.1, -0.05) is 49.3 Å². The van der Waals surface area contributed by atoms with E-state index in [0.29, 0.717) is 36.3 Å². The third-order valence-corrected chi connectivity index (χ3v) is 9.38. The van der Waals surface area contributed by atoms with Gasteiger partial charge in [-0.3, -0.25) is 14.7 Å². The largest absolute Gasteiger partial charge is 0.508 e. The van der Waals surface area contributed by atoms with E-state index in [1.807, 2.05) is 31.5 Å². The van der Waals surface area contributed by atoms with Crippen LogP contribution in [0.25, 0.3) is 0 Å². The predicted octanol–water partition coefficient (Wildman–Crippen LogP) is 1.59. The van der Waals surface area contributed by atoms with Crippen LogP contribution in [0.3, 0.4) is 0 Å². The molecule has 0 saturated carbocycles. The molecule has 2 aromatic carbocycles. The monoisotopic (exact) mass is 667 g/mol. The van der Waals surface area contributed by atoms with Crippen molar-refractivity contribution < 1.29 is 39.6 Å². The summed E-state index contributed by atoms with van der Waals surface area (Å²) in [7, 11) is 0. The molecule has 11 heteroatoms. The molecule has 6 unspecified atom stereocenters. The number of nitrogens with one attached hydrogen (secondary N) is 1. The van der Waals surface area contributed by atoms with Crippen molar-refractivity contribution in [2.45, 2.75) is 89.0 Å². The van der Waals surface area contributed by atoms with Crippen molar-refractivity contribution >= 4 is 12.0 Å². The molecule has 4 aliphatic heterocycles. The van der Waals surface area contributed by atoms with Crippen molar-refractivity contribution in [3.8, 4) is 41.1 Å². The molecule has 0 fully saturated rings. The van der Waals surface area contributed by atoms with Crippen LogP contribution >= 0.6 is 0 Å². The van der Waals surface area contributed by atoms with E-state index in [-0.39, 0.29) is 49.4 Å². The minimum absolute atomic E-state index is 0.0695. The van der Waals surface area contributed by atoms with Gasteiger partial charge in [0, 0.05) is 37.1 Å². The van der Waals surface area contributed by atoms with Gasteiger partial charge in [0.2, 0.25) is 0 Å². The second-order valence-corrected chi connectivity index (χ2v) is 13.1. The van der Waals surface area contributed by atoms with Gasteiger partial charge in [0.05, 0.1) is 18.4 Å². The molecule has 11 nitrogen and oxygen atoms in total. The fourth-order valence-corrected chi connectivity index (χ4v) is 6.76. The van der Waals surface area contributed by atoms with Crippen LogP contribution in [0.15, 0.2) is 58.4 Å². The van der Waals surface area contributed by atoms with Crippen LogP contribution in [0.1, 0.15) is 80.0 Å². The fraction of sp³-hybridized carbons (Fsp3) is 0.421. The first-order valence-corrected chi connectivity index (χ1v) is 16.8. The third-order valence-electron chi connectivity index (χ3n) is 9.38. The Balaban J connectivity index is 1.29. The van der Waals surface area contributed by atoms with Gasteiger partial charge in [-0.2, -0.15) is 0 Å². The van der Waals surface area contributed by atoms with Crippen LogP contribution < -0.4 is 25.8 Å². The Kier molecular flexibility index (Phi) is 10.5. The molecular formula is C38H43N4O7+. The number of nitrogens with two attached hydrogens (primary N) is 2. The number of aromatic hydroxyl groups is 1. The number of Topliss-reactive ketones (excluding diaryl/α,β-unsaturated/α-hetero) is 1. The van der Waals surface area contributed by atoms with E-state index in [9.17, 15) is 25.2 Å². The number of aliphatic imine (C=N–C) groups is 1.